The maximum Gasteiger partial charge on any atom is 0.234 e. The summed E-state index contributed by atoms with van der Waals surface area (Å²) in [6.07, 6.45) is 2.28. The number of hydrogen-bond donors (Lipinski definition) is 2. The molecule has 0 fully saturated rings. The topological polar surface area (TPSA) is 41.1 Å². The molecule has 0 saturated carbocycles. The maximum atomic E-state index is 12.0. The number of benzene rings is 2. The second-order valence-electron chi connectivity index (χ2n) is 5.05. The number of carbonyl (C=O) groups is 1. The van der Waals surface area contributed by atoms with Crippen molar-refractivity contribution in [1.29, 1.82) is 0 Å². The smallest absolute Gasteiger partial charge is 0.234 e. The van der Waals surface area contributed by atoms with E-state index in [1.54, 1.807) is 11.8 Å². The Hall–Kier alpha value is -1.94. The van der Waals surface area contributed by atoms with E-state index in [0.717, 1.165) is 29.2 Å². The van der Waals surface area contributed by atoms with Gasteiger partial charge in [0.15, 0.2) is 0 Å². The average Bonchev–Trinajstić information content (AvgIpc) is 2.54. The normalized spacial score (nSPS) is 13.1. The summed E-state index contributed by atoms with van der Waals surface area (Å²) in [6.45, 7) is 1.01. The molecular weight excluding hydrogens is 280 g/mol. The van der Waals surface area contributed by atoms with E-state index >= 15 is 0 Å². The standard InChI is InChI=1S/C17H18N2OS/c20-17(12-21-15-6-2-1-3-7-15)19-14-9-8-13-5-4-10-18-16(13)11-14/h1-3,6-9,11,18H,4-5,10,12H2,(H,19,20). The fourth-order valence-corrected chi connectivity index (χ4v) is 3.12. The summed E-state index contributed by atoms with van der Waals surface area (Å²) < 4.78 is 0. The Morgan fingerprint density at radius 3 is 2.90 bits per heavy atom. The zero-order valence-corrected chi connectivity index (χ0v) is 12.6. The highest BCUT2D eigenvalue weighted by atomic mass is 32.2. The van der Waals surface area contributed by atoms with Crippen LogP contribution in [0.15, 0.2) is 53.4 Å². The van der Waals surface area contributed by atoms with Gasteiger partial charge in [-0.1, -0.05) is 24.3 Å². The van der Waals surface area contributed by atoms with Gasteiger partial charge in [0.05, 0.1) is 5.75 Å². The van der Waals surface area contributed by atoms with Crippen LogP contribution < -0.4 is 10.6 Å². The molecule has 0 aliphatic carbocycles. The number of rotatable bonds is 4. The molecule has 1 amide bonds. The zero-order valence-electron chi connectivity index (χ0n) is 11.8. The molecule has 108 valence electrons. The van der Waals surface area contributed by atoms with E-state index < -0.39 is 0 Å². The second-order valence-corrected chi connectivity index (χ2v) is 6.10. The van der Waals surface area contributed by atoms with Gasteiger partial charge in [0, 0.05) is 22.8 Å². The van der Waals surface area contributed by atoms with Crippen molar-refractivity contribution in [3.8, 4) is 0 Å². The Morgan fingerprint density at radius 1 is 1.19 bits per heavy atom. The van der Waals surface area contributed by atoms with E-state index in [4.69, 9.17) is 0 Å². The van der Waals surface area contributed by atoms with Crippen LogP contribution in [0.1, 0.15) is 12.0 Å². The van der Waals surface area contributed by atoms with E-state index in [1.807, 2.05) is 42.5 Å². The minimum absolute atomic E-state index is 0.0274. The number of carbonyl (C=O) groups excluding carboxylic acids is 1. The molecule has 21 heavy (non-hydrogen) atoms. The Balaban J connectivity index is 1.57. The summed E-state index contributed by atoms with van der Waals surface area (Å²) in [6, 6.07) is 16.1. The van der Waals surface area contributed by atoms with Gasteiger partial charge in [-0.25, -0.2) is 0 Å². The molecule has 0 atom stereocenters. The molecule has 0 unspecified atom stereocenters. The van der Waals surface area contributed by atoms with Crippen LogP contribution in [0.5, 0.6) is 0 Å². The van der Waals surface area contributed by atoms with Gasteiger partial charge in [-0.05, 0) is 42.7 Å². The summed E-state index contributed by atoms with van der Waals surface area (Å²) in [7, 11) is 0. The van der Waals surface area contributed by atoms with E-state index in [1.165, 1.54) is 12.0 Å². The van der Waals surface area contributed by atoms with Gasteiger partial charge in [-0.3, -0.25) is 4.79 Å². The summed E-state index contributed by atoms with van der Waals surface area (Å²) in [4.78, 5) is 13.1. The molecule has 0 aromatic heterocycles. The van der Waals surface area contributed by atoms with Crippen molar-refractivity contribution in [2.24, 2.45) is 0 Å². The van der Waals surface area contributed by atoms with Crippen LogP contribution in [0, 0.1) is 0 Å². The lowest BCUT2D eigenvalue weighted by Crippen LogP contribution is -2.16. The van der Waals surface area contributed by atoms with Gasteiger partial charge >= 0.3 is 0 Å². The predicted molar refractivity (Wildman–Crippen MR) is 89.0 cm³/mol. The predicted octanol–water partition coefficient (Wildman–Crippen LogP) is 3.78. The SMILES string of the molecule is O=C(CSc1ccccc1)Nc1ccc2c(c1)NCCC2. The molecule has 2 aromatic rings. The van der Waals surface area contributed by atoms with Crippen molar-refractivity contribution in [3.63, 3.8) is 0 Å². The molecule has 0 spiro atoms. The van der Waals surface area contributed by atoms with Crippen LogP contribution >= 0.6 is 11.8 Å². The van der Waals surface area contributed by atoms with Crippen molar-refractivity contribution >= 4 is 29.0 Å². The number of thioether (sulfide) groups is 1. The minimum Gasteiger partial charge on any atom is -0.385 e. The van der Waals surface area contributed by atoms with Crippen molar-refractivity contribution in [1.82, 2.24) is 0 Å². The number of aryl methyl sites for hydroxylation is 1. The zero-order chi connectivity index (χ0) is 14.5. The van der Waals surface area contributed by atoms with Gasteiger partial charge in [-0.15, -0.1) is 11.8 Å². The summed E-state index contributed by atoms with van der Waals surface area (Å²) in [5.41, 5.74) is 3.34. The summed E-state index contributed by atoms with van der Waals surface area (Å²) >= 11 is 1.55. The van der Waals surface area contributed by atoms with E-state index in [-0.39, 0.29) is 5.91 Å². The van der Waals surface area contributed by atoms with Crippen molar-refractivity contribution < 1.29 is 4.79 Å². The highest BCUT2D eigenvalue weighted by molar-refractivity contribution is 8.00. The molecule has 3 rings (SSSR count). The lowest BCUT2D eigenvalue weighted by molar-refractivity contribution is -0.113. The van der Waals surface area contributed by atoms with Gasteiger partial charge in [0.25, 0.3) is 0 Å². The average molecular weight is 298 g/mol. The Bertz CT molecular complexity index is 628. The van der Waals surface area contributed by atoms with Crippen LogP contribution in [-0.2, 0) is 11.2 Å². The van der Waals surface area contributed by atoms with Crippen molar-refractivity contribution in [2.45, 2.75) is 17.7 Å². The molecule has 0 radical (unpaired) electrons. The van der Waals surface area contributed by atoms with Gasteiger partial charge in [0.2, 0.25) is 5.91 Å². The molecule has 4 heteroatoms. The number of nitrogens with one attached hydrogen (secondary N) is 2. The summed E-state index contributed by atoms with van der Waals surface area (Å²) in [5, 5.41) is 6.34. The third-order valence-corrected chi connectivity index (χ3v) is 4.46. The van der Waals surface area contributed by atoms with E-state index in [0.29, 0.717) is 5.75 Å². The van der Waals surface area contributed by atoms with Gasteiger partial charge in [0.1, 0.15) is 0 Å². The van der Waals surface area contributed by atoms with Gasteiger partial charge < -0.3 is 10.6 Å². The molecule has 2 aromatic carbocycles. The highest BCUT2D eigenvalue weighted by Crippen LogP contribution is 2.25. The quantitative estimate of drug-likeness (QED) is 0.844. The molecule has 0 bridgehead atoms. The Labute approximate surface area is 129 Å². The fraction of sp³-hybridized carbons (Fsp3) is 0.235. The largest absolute Gasteiger partial charge is 0.385 e. The monoisotopic (exact) mass is 298 g/mol. The molecule has 1 heterocycles. The third-order valence-electron chi connectivity index (χ3n) is 3.45. The first-order chi connectivity index (χ1) is 10.3. The molecule has 1 aliphatic rings. The summed E-state index contributed by atoms with van der Waals surface area (Å²) in [5.74, 6) is 0.453. The molecular formula is C17H18N2OS. The molecule has 0 saturated heterocycles. The first-order valence-electron chi connectivity index (χ1n) is 7.16. The van der Waals surface area contributed by atoms with Gasteiger partial charge in [-0.2, -0.15) is 0 Å². The highest BCUT2D eigenvalue weighted by Gasteiger charge is 2.10. The van der Waals surface area contributed by atoms with Crippen molar-refractivity contribution in [2.75, 3.05) is 22.9 Å². The van der Waals surface area contributed by atoms with Crippen LogP contribution in [-0.4, -0.2) is 18.2 Å². The first kappa shape index (κ1) is 14.0. The maximum absolute atomic E-state index is 12.0. The molecule has 3 nitrogen and oxygen atoms in total. The lowest BCUT2D eigenvalue weighted by atomic mass is 10.0. The molecule has 2 N–H and O–H groups in total. The number of amides is 1. The fourth-order valence-electron chi connectivity index (χ4n) is 2.40. The minimum atomic E-state index is 0.0274. The third kappa shape index (κ3) is 3.79. The first-order valence-corrected chi connectivity index (χ1v) is 8.14. The van der Waals surface area contributed by atoms with Crippen LogP contribution in [0.3, 0.4) is 0 Å². The number of hydrogen-bond acceptors (Lipinski definition) is 3. The Morgan fingerprint density at radius 2 is 2.05 bits per heavy atom. The second kappa shape index (κ2) is 6.68. The number of anilines is 2. The number of fused-ring (bicyclic) bond motifs is 1. The van der Waals surface area contributed by atoms with Crippen LogP contribution in [0.2, 0.25) is 0 Å². The van der Waals surface area contributed by atoms with Crippen molar-refractivity contribution in [3.05, 3.63) is 54.1 Å². The van der Waals surface area contributed by atoms with Crippen LogP contribution in [0.4, 0.5) is 11.4 Å². The van der Waals surface area contributed by atoms with E-state index in [2.05, 4.69) is 16.7 Å². The molecule has 1 aliphatic heterocycles. The van der Waals surface area contributed by atoms with E-state index in [9.17, 15) is 4.79 Å². The van der Waals surface area contributed by atoms with Crippen LogP contribution in [0.25, 0.3) is 0 Å². The Kier molecular flexibility index (Phi) is 4.46. The lowest BCUT2D eigenvalue weighted by Gasteiger charge is -2.18.